The SMILES string of the molecule is O=C(O)Cc1cc(Cl)c(Oc2ccc(NC(=O)C(F)(F)F)c(Br)c2)c(Cl)c1. The van der Waals surface area contributed by atoms with Crippen molar-refractivity contribution in [3.63, 3.8) is 0 Å². The van der Waals surface area contributed by atoms with E-state index in [1.54, 1.807) is 5.32 Å². The number of rotatable bonds is 5. The smallest absolute Gasteiger partial charge is 0.471 e. The first-order chi connectivity index (χ1) is 12.5. The molecule has 1 amide bonds. The lowest BCUT2D eigenvalue weighted by Gasteiger charge is -2.13. The molecule has 0 radical (unpaired) electrons. The minimum absolute atomic E-state index is 0.0476. The van der Waals surface area contributed by atoms with E-state index in [-0.39, 0.29) is 38.1 Å². The maximum Gasteiger partial charge on any atom is 0.471 e. The first kappa shape index (κ1) is 21.3. The molecule has 0 saturated carbocycles. The first-order valence-corrected chi connectivity index (χ1v) is 8.57. The normalized spacial score (nSPS) is 11.2. The summed E-state index contributed by atoms with van der Waals surface area (Å²) in [4.78, 5) is 21.7. The Kier molecular flexibility index (Phi) is 6.61. The zero-order valence-corrected chi connectivity index (χ0v) is 16.1. The van der Waals surface area contributed by atoms with Crippen LogP contribution in [0.5, 0.6) is 11.5 Å². The second-order valence-electron chi connectivity index (χ2n) is 5.15. The molecule has 0 bridgehead atoms. The molecule has 0 aliphatic heterocycles. The number of hydrogen-bond donors (Lipinski definition) is 2. The second-order valence-corrected chi connectivity index (χ2v) is 6.82. The van der Waals surface area contributed by atoms with Crippen molar-refractivity contribution in [3.8, 4) is 11.5 Å². The quantitative estimate of drug-likeness (QED) is 0.570. The number of halogens is 6. The van der Waals surface area contributed by atoms with Crippen LogP contribution in [0.25, 0.3) is 0 Å². The van der Waals surface area contributed by atoms with Crippen LogP contribution in [0.1, 0.15) is 5.56 Å². The fourth-order valence-corrected chi connectivity index (χ4v) is 3.02. The molecule has 0 saturated heterocycles. The highest BCUT2D eigenvalue weighted by Gasteiger charge is 2.38. The van der Waals surface area contributed by atoms with E-state index in [2.05, 4.69) is 15.9 Å². The zero-order chi connectivity index (χ0) is 20.4. The standard InChI is InChI=1S/C16H9BrCl2F3NO4/c17-9-6-8(1-2-12(9)23-15(26)16(20,21)22)27-14-10(18)3-7(4-11(14)19)5-13(24)25/h1-4,6H,5H2,(H,23,26)(H,24,25). The number of alkyl halides is 3. The summed E-state index contributed by atoms with van der Waals surface area (Å²) >= 11 is 15.2. The molecular formula is C16H9BrCl2F3NO4. The van der Waals surface area contributed by atoms with Crippen molar-refractivity contribution in [3.05, 3.63) is 50.4 Å². The molecule has 0 heterocycles. The summed E-state index contributed by atoms with van der Waals surface area (Å²) in [6.07, 6.45) is -5.30. The van der Waals surface area contributed by atoms with Crippen molar-refractivity contribution in [1.82, 2.24) is 0 Å². The van der Waals surface area contributed by atoms with Gasteiger partial charge in [0.15, 0.2) is 5.75 Å². The number of aliphatic carboxylic acids is 1. The molecular weight excluding hydrogens is 478 g/mol. The van der Waals surface area contributed by atoms with E-state index in [1.807, 2.05) is 0 Å². The summed E-state index contributed by atoms with van der Waals surface area (Å²) in [5.41, 5.74) is 0.259. The minimum Gasteiger partial charge on any atom is -0.481 e. The number of carboxylic acids is 1. The third-order valence-electron chi connectivity index (χ3n) is 3.08. The van der Waals surface area contributed by atoms with Gasteiger partial charge in [0.25, 0.3) is 0 Å². The van der Waals surface area contributed by atoms with Crippen molar-refractivity contribution in [2.24, 2.45) is 0 Å². The molecule has 27 heavy (non-hydrogen) atoms. The Bertz CT molecular complexity index is 883. The third-order valence-corrected chi connectivity index (χ3v) is 4.30. The van der Waals surface area contributed by atoms with Crippen molar-refractivity contribution in [1.29, 1.82) is 0 Å². The van der Waals surface area contributed by atoms with Crippen LogP contribution in [-0.4, -0.2) is 23.2 Å². The van der Waals surface area contributed by atoms with Crippen LogP contribution in [0.3, 0.4) is 0 Å². The molecule has 0 unspecified atom stereocenters. The number of nitrogens with one attached hydrogen (secondary N) is 1. The van der Waals surface area contributed by atoms with E-state index < -0.39 is 18.1 Å². The van der Waals surface area contributed by atoms with Gasteiger partial charge in [-0.25, -0.2) is 0 Å². The van der Waals surface area contributed by atoms with Gasteiger partial charge in [-0.15, -0.1) is 0 Å². The molecule has 2 N–H and O–H groups in total. The van der Waals surface area contributed by atoms with Gasteiger partial charge >= 0.3 is 18.1 Å². The number of carbonyl (C=O) groups is 2. The van der Waals surface area contributed by atoms with Crippen molar-refractivity contribution < 1.29 is 32.6 Å². The maximum atomic E-state index is 12.3. The lowest BCUT2D eigenvalue weighted by Crippen LogP contribution is -2.30. The predicted molar refractivity (Wildman–Crippen MR) is 96.7 cm³/mol. The van der Waals surface area contributed by atoms with Gasteiger partial charge in [0.1, 0.15) is 5.75 Å². The van der Waals surface area contributed by atoms with Crippen LogP contribution in [0.4, 0.5) is 18.9 Å². The van der Waals surface area contributed by atoms with E-state index in [1.165, 1.54) is 30.3 Å². The zero-order valence-electron chi connectivity index (χ0n) is 13.0. The lowest BCUT2D eigenvalue weighted by atomic mass is 10.1. The monoisotopic (exact) mass is 485 g/mol. The first-order valence-electron chi connectivity index (χ1n) is 7.02. The van der Waals surface area contributed by atoms with E-state index in [4.69, 9.17) is 33.0 Å². The molecule has 0 fully saturated rings. The highest BCUT2D eigenvalue weighted by atomic mass is 79.9. The topological polar surface area (TPSA) is 75.6 Å². The van der Waals surface area contributed by atoms with E-state index in [0.29, 0.717) is 5.56 Å². The summed E-state index contributed by atoms with van der Waals surface area (Å²) < 4.78 is 42.6. The average molecular weight is 487 g/mol. The Morgan fingerprint density at radius 3 is 2.22 bits per heavy atom. The van der Waals surface area contributed by atoms with Crippen LogP contribution < -0.4 is 10.1 Å². The highest BCUT2D eigenvalue weighted by molar-refractivity contribution is 9.10. The van der Waals surface area contributed by atoms with Crippen LogP contribution in [0, 0.1) is 0 Å². The molecule has 11 heteroatoms. The number of hydrogen-bond acceptors (Lipinski definition) is 3. The second kappa shape index (κ2) is 8.37. The largest absolute Gasteiger partial charge is 0.481 e. The highest BCUT2D eigenvalue weighted by Crippen LogP contribution is 2.39. The molecule has 2 aromatic rings. The van der Waals surface area contributed by atoms with E-state index in [9.17, 15) is 22.8 Å². The van der Waals surface area contributed by atoms with Gasteiger partial charge in [0.2, 0.25) is 0 Å². The molecule has 2 rings (SSSR count). The van der Waals surface area contributed by atoms with Gasteiger partial charge in [-0.05, 0) is 51.8 Å². The number of benzene rings is 2. The molecule has 2 aromatic carbocycles. The Morgan fingerprint density at radius 2 is 1.74 bits per heavy atom. The average Bonchev–Trinajstić information content (AvgIpc) is 2.51. The van der Waals surface area contributed by atoms with Crippen LogP contribution in [0.15, 0.2) is 34.8 Å². The molecule has 144 valence electrons. The number of amides is 1. The molecule has 0 aliphatic rings. The van der Waals surface area contributed by atoms with Gasteiger partial charge in [0, 0.05) is 4.47 Å². The van der Waals surface area contributed by atoms with Gasteiger partial charge in [-0.2, -0.15) is 13.2 Å². The minimum atomic E-state index is -5.02. The van der Waals surface area contributed by atoms with Gasteiger partial charge < -0.3 is 15.2 Å². The molecule has 0 spiro atoms. The van der Waals surface area contributed by atoms with Gasteiger partial charge in [-0.1, -0.05) is 23.2 Å². The molecule has 0 aromatic heterocycles. The van der Waals surface area contributed by atoms with Gasteiger partial charge in [0.05, 0.1) is 22.2 Å². The Hall–Kier alpha value is -1.97. The number of anilines is 1. The van der Waals surface area contributed by atoms with Crippen molar-refractivity contribution in [2.75, 3.05) is 5.32 Å². The van der Waals surface area contributed by atoms with Crippen molar-refractivity contribution in [2.45, 2.75) is 12.6 Å². The maximum absolute atomic E-state index is 12.3. The Balaban J connectivity index is 2.22. The van der Waals surface area contributed by atoms with Crippen LogP contribution >= 0.6 is 39.1 Å². The van der Waals surface area contributed by atoms with E-state index >= 15 is 0 Å². The fraction of sp³-hybridized carbons (Fsp3) is 0.125. The predicted octanol–water partition coefficient (Wildman–Crippen LogP) is 5.68. The Morgan fingerprint density at radius 1 is 1.15 bits per heavy atom. The molecule has 5 nitrogen and oxygen atoms in total. The Labute approximate surface area is 169 Å². The summed E-state index contributed by atoms with van der Waals surface area (Å²) in [5, 5.41) is 10.6. The number of carboxylic acid groups (broad SMARTS) is 1. The number of ether oxygens (including phenoxy) is 1. The van der Waals surface area contributed by atoms with Gasteiger partial charge in [-0.3, -0.25) is 9.59 Å². The summed E-state index contributed by atoms with van der Waals surface area (Å²) in [5.74, 6) is -2.96. The summed E-state index contributed by atoms with van der Waals surface area (Å²) in [6, 6.07) is 6.57. The molecule has 0 atom stereocenters. The third kappa shape index (κ3) is 5.75. The van der Waals surface area contributed by atoms with E-state index in [0.717, 1.165) is 0 Å². The lowest BCUT2D eigenvalue weighted by molar-refractivity contribution is -0.167. The number of carbonyl (C=O) groups excluding carboxylic acids is 1. The fourth-order valence-electron chi connectivity index (χ4n) is 1.96. The molecule has 0 aliphatic carbocycles. The summed E-state index contributed by atoms with van der Waals surface area (Å²) in [6.45, 7) is 0. The van der Waals surface area contributed by atoms with Crippen LogP contribution in [-0.2, 0) is 16.0 Å². The summed E-state index contributed by atoms with van der Waals surface area (Å²) in [7, 11) is 0. The van der Waals surface area contributed by atoms with Crippen LogP contribution in [0.2, 0.25) is 10.0 Å². The van der Waals surface area contributed by atoms with Crippen molar-refractivity contribution >= 4 is 56.7 Å².